The standard InChI is InChI=1S/C23H32N6O4S.C2HF3O2/c30-22(29-10-6-24-7-11-29)18-16-21(34(31,32)23-25-4-5-26-23)20(27-8-2-1-3-9-27)17-19(18)28-12-14-33-15-13-28;3-2(4,5)1(6)7/h4-5,16-17,24H,1-3,6-15H2,(H,25,26);(H,6,7). The van der Waals surface area contributed by atoms with Crippen molar-refractivity contribution in [3.63, 3.8) is 0 Å². The lowest BCUT2D eigenvalue weighted by atomic mass is 10.1. The zero-order valence-electron chi connectivity index (χ0n) is 22.4. The third-order valence-corrected chi connectivity index (χ3v) is 8.74. The Morgan fingerprint density at radius 2 is 1.56 bits per heavy atom. The number of ether oxygens (including phenoxy) is 1. The van der Waals surface area contributed by atoms with Crippen molar-refractivity contribution in [1.29, 1.82) is 0 Å². The Morgan fingerprint density at radius 3 is 2.12 bits per heavy atom. The molecule has 3 aliphatic heterocycles. The lowest BCUT2D eigenvalue weighted by molar-refractivity contribution is -0.661. The van der Waals surface area contributed by atoms with Crippen molar-refractivity contribution in [3.8, 4) is 0 Å². The monoisotopic (exact) mass is 602 g/mol. The number of carboxylic acid groups (broad SMARTS) is 1. The molecule has 1 amide bonds. The molecule has 0 saturated carbocycles. The van der Waals surface area contributed by atoms with Crippen LogP contribution in [-0.2, 0) is 19.4 Å². The van der Waals surface area contributed by atoms with Gasteiger partial charge < -0.3 is 39.6 Å². The van der Waals surface area contributed by atoms with Gasteiger partial charge in [0.25, 0.3) is 5.91 Å². The first-order valence-corrected chi connectivity index (χ1v) is 14.9. The number of sulfone groups is 1. The molecule has 3 saturated heterocycles. The number of rotatable bonds is 5. The first-order chi connectivity index (χ1) is 19.5. The average molecular weight is 603 g/mol. The van der Waals surface area contributed by atoms with Crippen LogP contribution in [0.25, 0.3) is 0 Å². The zero-order chi connectivity index (χ0) is 29.6. The summed E-state index contributed by atoms with van der Waals surface area (Å²) in [6.07, 6.45) is 0.906. The molecule has 0 radical (unpaired) electrons. The highest BCUT2D eigenvalue weighted by Gasteiger charge is 2.33. The molecular weight excluding hydrogens is 569 g/mol. The largest absolute Gasteiger partial charge is 0.542 e. The van der Waals surface area contributed by atoms with Gasteiger partial charge in [0, 0.05) is 38.6 Å². The van der Waals surface area contributed by atoms with Gasteiger partial charge in [-0.05, 0) is 31.4 Å². The van der Waals surface area contributed by atoms with E-state index in [0.29, 0.717) is 50.6 Å². The number of carbonyl (C=O) groups excluding carboxylic acids is 2. The Morgan fingerprint density at radius 1 is 0.951 bits per heavy atom. The number of aromatic amines is 1. The molecule has 12 nitrogen and oxygen atoms in total. The predicted molar refractivity (Wildman–Crippen MR) is 138 cm³/mol. The van der Waals surface area contributed by atoms with Crippen molar-refractivity contribution >= 4 is 33.1 Å². The molecule has 3 N–H and O–H groups in total. The second kappa shape index (κ2) is 13.1. The lowest BCUT2D eigenvalue weighted by Gasteiger charge is -2.35. The number of carbonyl (C=O) groups is 2. The lowest BCUT2D eigenvalue weighted by Crippen LogP contribution is -2.89. The van der Waals surface area contributed by atoms with Gasteiger partial charge in [0.05, 0.1) is 61.2 Å². The zero-order valence-corrected chi connectivity index (χ0v) is 23.2. The molecule has 41 heavy (non-hydrogen) atoms. The number of halogens is 3. The minimum absolute atomic E-state index is 0.101. The van der Waals surface area contributed by atoms with Crippen LogP contribution in [0.3, 0.4) is 0 Å². The molecule has 0 bridgehead atoms. The van der Waals surface area contributed by atoms with Gasteiger partial charge in [-0.15, -0.1) is 0 Å². The average Bonchev–Trinajstić information content (AvgIpc) is 3.54. The van der Waals surface area contributed by atoms with Gasteiger partial charge >= 0.3 is 6.18 Å². The van der Waals surface area contributed by atoms with Gasteiger partial charge in [0.2, 0.25) is 15.0 Å². The highest BCUT2D eigenvalue weighted by atomic mass is 32.2. The molecule has 1 aromatic carbocycles. The van der Waals surface area contributed by atoms with Crippen molar-refractivity contribution in [2.45, 2.75) is 35.5 Å². The number of anilines is 2. The predicted octanol–water partition coefficient (Wildman–Crippen LogP) is -0.613. The molecule has 0 aliphatic carbocycles. The Bertz CT molecular complexity index is 1300. The number of piperidine rings is 1. The molecule has 2 aromatic rings. The number of alkyl halides is 3. The molecule has 3 fully saturated rings. The Hall–Kier alpha value is -3.37. The second-order valence-corrected chi connectivity index (χ2v) is 11.7. The summed E-state index contributed by atoms with van der Waals surface area (Å²) in [5.74, 6) is -3.12. The number of carboxylic acids is 1. The number of aliphatic carboxylic acids is 1. The fraction of sp³-hybridized carbons (Fsp3) is 0.560. The van der Waals surface area contributed by atoms with Crippen molar-refractivity contribution in [2.75, 3.05) is 75.4 Å². The fourth-order valence-electron chi connectivity index (χ4n) is 5.02. The van der Waals surface area contributed by atoms with Crippen molar-refractivity contribution in [2.24, 2.45) is 0 Å². The molecule has 3 aliphatic rings. The number of H-pyrrole nitrogens is 1. The number of benzene rings is 1. The third kappa shape index (κ3) is 7.29. The van der Waals surface area contributed by atoms with Crippen molar-refractivity contribution < 1.29 is 46.3 Å². The van der Waals surface area contributed by atoms with Crippen LogP contribution in [0.15, 0.2) is 34.6 Å². The fourth-order valence-corrected chi connectivity index (χ4v) is 6.38. The summed E-state index contributed by atoms with van der Waals surface area (Å²) in [5, 5.41) is 10.9. The molecule has 0 spiro atoms. The van der Waals surface area contributed by atoms with Crippen molar-refractivity contribution in [3.05, 3.63) is 30.1 Å². The molecular formula is C25H33F3N6O6S. The normalized spacial score (nSPS) is 18.5. The summed E-state index contributed by atoms with van der Waals surface area (Å²) < 4.78 is 64.5. The number of hydrogen-bond donors (Lipinski definition) is 2. The summed E-state index contributed by atoms with van der Waals surface area (Å²) in [6.45, 7) is 7.07. The summed E-state index contributed by atoms with van der Waals surface area (Å²) in [7, 11) is -3.94. The van der Waals surface area contributed by atoms with Crippen LogP contribution < -0.4 is 20.2 Å². The number of imidazole rings is 1. The third-order valence-electron chi connectivity index (χ3n) is 7.10. The molecule has 16 heteroatoms. The van der Waals surface area contributed by atoms with Crippen LogP contribution in [0.1, 0.15) is 29.6 Å². The van der Waals surface area contributed by atoms with E-state index in [1.54, 1.807) is 6.07 Å². The molecule has 226 valence electrons. The second-order valence-electron chi connectivity index (χ2n) is 9.83. The van der Waals surface area contributed by atoms with Gasteiger partial charge in [0.1, 0.15) is 5.97 Å². The van der Waals surface area contributed by atoms with Crippen LogP contribution in [0, 0.1) is 0 Å². The number of quaternary nitrogens is 1. The Balaban J connectivity index is 0.000000493. The van der Waals surface area contributed by atoms with Gasteiger partial charge in [-0.25, -0.2) is 13.4 Å². The first-order valence-electron chi connectivity index (χ1n) is 13.4. The summed E-state index contributed by atoms with van der Waals surface area (Å²) in [4.78, 5) is 35.6. The molecule has 0 atom stereocenters. The van der Waals surface area contributed by atoms with E-state index >= 15 is 0 Å². The van der Waals surface area contributed by atoms with E-state index in [9.17, 15) is 26.4 Å². The van der Waals surface area contributed by atoms with Crippen LogP contribution in [0.4, 0.5) is 24.5 Å². The Labute approximate surface area is 235 Å². The van der Waals surface area contributed by atoms with E-state index in [0.717, 1.165) is 51.1 Å². The molecule has 0 unspecified atom stereocenters. The number of piperazine rings is 1. The number of morpholine rings is 1. The number of hydrogen-bond acceptors (Lipinski definition) is 9. The van der Waals surface area contributed by atoms with E-state index in [1.165, 1.54) is 12.4 Å². The van der Waals surface area contributed by atoms with E-state index in [4.69, 9.17) is 14.6 Å². The van der Waals surface area contributed by atoms with Crippen molar-refractivity contribution in [1.82, 2.24) is 14.9 Å². The number of aromatic nitrogens is 2. The van der Waals surface area contributed by atoms with Crippen LogP contribution in [0.5, 0.6) is 0 Å². The quantitative estimate of drug-likeness (QED) is 0.456. The summed E-state index contributed by atoms with van der Waals surface area (Å²) in [6, 6.07) is 3.53. The van der Waals surface area contributed by atoms with E-state index in [1.807, 2.05) is 11.0 Å². The van der Waals surface area contributed by atoms with E-state index in [2.05, 4.69) is 25.1 Å². The maximum atomic E-state index is 13.7. The highest BCUT2D eigenvalue weighted by molar-refractivity contribution is 7.91. The summed E-state index contributed by atoms with van der Waals surface area (Å²) in [5.41, 5.74) is 1.89. The summed E-state index contributed by atoms with van der Waals surface area (Å²) >= 11 is 0. The number of amides is 1. The molecule has 5 rings (SSSR count). The van der Waals surface area contributed by atoms with Crippen LogP contribution in [0.2, 0.25) is 0 Å². The first kappa shape index (κ1) is 30.6. The SMILES string of the molecule is O=C([O-])C(F)(F)F.O=C(c1cc(S(=O)(=O)c2ncc[nH]2)c(N2CCCCC2)cc1N1CCOCC1)N1CC[NH2+]CC1. The highest BCUT2D eigenvalue weighted by Crippen LogP contribution is 2.38. The maximum Gasteiger partial charge on any atom is 0.430 e. The smallest absolute Gasteiger partial charge is 0.430 e. The molecule has 4 heterocycles. The maximum absolute atomic E-state index is 13.7. The van der Waals surface area contributed by atoms with Gasteiger partial charge in [-0.1, -0.05) is 0 Å². The number of nitrogens with one attached hydrogen (secondary N) is 1. The number of nitrogens with two attached hydrogens (primary N) is 1. The van der Waals surface area contributed by atoms with E-state index in [-0.39, 0.29) is 16.0 Å². The number of nitrogens with zero attached hydrogens (tertiary/aromatic N) is 4. The Kier molecular flexibility index (Phi) is 9.76. The van der Waals surface area contributed by atoms with Crippen LogP contribution >= 0.6 is 0 Å². The minimum atomic E-state index is -5.19. The van der Waals surface area contributed by atoms with Crippen LogP contribution in [-0.4, -0.2) is 107 Å². The topological polar surface area (TPSA) is 156 Å². The van der Waals surface area contributed by atoms with Gasteiger partial charge in [0.15, 0.2) is 0 Å². The van der Waals surface area contributed by atoms with Gasteiger partial charge in [-0.3, -0.25) is 4.79 Å². The molecule has 1 aromatic heterocycles. The van der Waals surface area contributed by atoms with Gasteiger partial charge in [-0.2, -0.15) is 13.2 Å². The minimum Gasteiger partial charge on any atom is -0.542 e. The van der Waals surface area contributed by atoms with E-state index < -0.39 is 22.0 Å².